The summed E-state index contributed by atoms with van der Waals surface area (Å²) < 4.78 is 7.65. The zero-order chi connectivity index (χ0) is 17.1. The number of rotatable bonds is 4. The molecule has 0 saturated carbocycles. The molecule has 2 heterocycles. The molecule has 124 valence electrons. The number of aromatic nitrogens is 3. The topological polar surface area (TPSA) is 67.0 Å². The number of benzene rings is 2. The highest BCUT2D eigenvalue weighted by molar-refractivity contribution is 5.48. The minimum atomic E-state index is -0.221. The second kappa shape index (κ2) is 6.75. The molecule has 25 heavy (non-hydrogen) atoms. The van der Waals surface area contributed by atoms with Crippen LogP contribution in [0, 0.1) is 11.3 Å². The van der Waals surface area contributed by atoms with Crippen LogP contribution in [0.5, 0.6) is 0 Å². The van der Waals surface area contributed by atoms with Crippen LogP contribution in [0.4, 0.5) is 5.69 Å². The Bertz CT molecular complexity index is 899. The van der Waals surface area contributed by atoms with E-state index in [0.717, 1.165) is 23.5 Å². The molecule has 2 aromatic carbocycles. The standard InChI is InChI=1S/C19H17N5O/c20-12-15-5-4-6-16(11-15)13-23-14-18(21-22-23)19-24(9-10-25-19)17-7-2-1-3-8-17/h1-8,11,14,19H,9-10,13H2/t19-/m1/s1. The fourth-order valence-electron chi connectivity index (χ4n) is 3.03. The summed E-state index contributed by atoms with van der Waals surface area (Å²) in [4.78, 5) is 2.19. The third-order valence-corrected chi connectivity index (χ3v) is 4.19. The van der Waals surface area contributed by atoms with E-state index >= 15 is 0 Å². The van der Waals surface area contributed by atoms with E-state index in [1.54, 1.807) is 10.7 Å². The molecule has 0 bridgehead atoms. The molecule has 1 aliphatic rings. The Morgan fingerprint density at radius 1 is 1.16 bits per heavy atom. The smallest absolute Gasteiger partial charge is 0.177 e. The molecule has 0 amide bonds. The Balaban J connectivity index is 1.53. The maximum atomic E-state index is 9.01. The molecule has 0 radical (unpaired) electrons. The summed E-state index contributed by atoms with van der Waals surface area (Å²) in [5, 5.41) is 17.5. The predicted octanol–water partition coefficient (Wildman–Crippen LogP) is 2.73. The SMILES string of the molecule is N#Cc1cccc(Cn2cc([C@H]3OCCN3c3ccccc3)nn2)c1. The van der Waals surface area contributed by atoms with Crippen LogP contribution in [0.25, 0.3) is 0 Å². The fraction of sp³-hybridized carbons (Fsp3) is 0.211. The molecule has 1 fully saturated rings. The van der Waals surface area contributed by atoms with Gasteiger partial charge in [-0.05, 0) is 29.8 Å². The maximum Gasteiger partial charge on any atom is 0.177 e. The van der Waals surface area contributed by atoms with Gasteiger partial charge in [-0.15, -0.1) is 5.10 Å². The first-order valence-electron chi connectivity index (χ1n) is 8.16. The van der Waals surface area contributed by atoms with E-state index in [4.69, 9.17) is 10.00 Å². The van der Waals surface area contributed by atoms with E-state index in [2.05, 4.69) is 33.4 Å². The van der Waals surface area contributed by atoms with Crippen molar-refractivity contribution in [2.45, 2.75) is 12.8 Å². The molecule has 1 atom stereocenters. The number of nitriles is 1. The predicted molar refractivity (Wildman–Crippen MR) is 92.8 cm³/mol. The first-order valence-corrected chi connectivity index (χ1v) is 8.16. The molecule has 0 unspecified atom stereocenters. The molecular formula is C19H17N5O. The quantitative estimate of drug-likeness (QED) is 0.735. The number of nitrogens with zero attached hydrogens (tertiary/aromatic N) is 5. The van der Waals surface area contributed by atoms with Crippen LogP contribution in [0.1, 0.15) is 23.0 Å². The van der Waals surface area contributed by atoms with Crippen molar-refractivity contribution in [2.24, 2.45) is 0 Å². The number of ether oxygens (including phenoxy) is 1. The van der Waals surface area contributed by atoms with Gasteiger partial charge in [-0.2, -0.15) is 5.26 Å². The summed E-state index contributed by atoms with van der Waals surface area (Å²) >= 11 is 0. The van der Waals surface area contributed by atoms with Gasteiger partial charge in [-0.3, -0.25) is 0 Å². The molecule has 6 heteroatoms. The molecule has 0 N–H and O–H groups in total. The monoisotopic (exact) mass is 331 g/mol. The van der Waals surface area contributed by atoms with Crippen molar-refractivity contribution in [3.63, 3.8) is 0 Å². The normalized spacial score (nSPS) is 16.8. The summed E-state index contributed by atoms with van der Waals surface area (Å²) in [6.07, 6.45) is 1.69. The molecule has 3 aromatic rings. The molecule has 1 aromatic heterocycles. The van der Waals surface area contributed by atoms with Crippen molar-refractivity contribution in [3.05, 3.63) is 77.6 Å². The highest BCUT2D eigenvalue weighted by atomic mass is 16.5. The first-order chi connectivity index (χ1) is 12.3. The lowest BCUT2D eigenvalue weighted by atomic mass is 10.1. The van der Waals surface area contributed by atoms with Crippen molar-refractivity contribution in [1.82, 2.24) is 15.0 Å². The fourth-order valence-corrected chi connectivity index (χ4v) is 3.03. The summed E-state index contributed by atoms with van der Waals surface area (Å²) in [5.41, 5.74) is 3.56. The van der Waals surface area contributed by atoms with Crippen molar-refractivity contribution in [2.75, 3.05) is 18.1 Å². The van der Waals surface area contributed by atoms with E-state index in [1.165, 1.54) is 0 Å². The highest BCUT2D eigenvalue weighted by Crippen LogP contribution is 2.30. The van der Waals surface area contributed by atoms with Gasteiger partial charge in [0.25, 0.3) is 0 Å². The van der Waals surface area contributed by atoms with Gasteiger partial charge in [-0.25, -0.2) is 4.68 Å². The summed E-state index contributed by atoms with van der Waals surface area (Å²) in [5.74, 6) is 0. The van der Waals surface area contributed by atoms with Gasteiger partial charge < -0.3 is 9.64 Å². The second-order valence-corrected chi connectivity index (χ2v) is 5.91. The van der Waals surface area contributed by atoms with Crippen LogP contribution in [0.15, 0.2) is 60.8 Å². The van der Waals surface area contributed by atoms with E-state index < -0.39 is 0 Å². The van der Waals surface area contributed by atoms with Crippen molar-refractivity contribution < 1.29 is 4.74 Å². The first kappa shape index (κ1) is 15.4. The average Bonchev–Trinajstić information content (AvgIpc) is 3.32. The second-order valence-electron chi connectivity index (χ2n) is 5.91. The number of anilines is 1. The minimum Gasteiger partial charge on any atom is -0.350 e. The Morgan fingerprint density at radius 3 is 2.88 bits per heavy atom. The van der Waals surface area contributed by atoms with Gasteiger partial charge in [-0.1, -0.05) is 35.5 Å². The summed E-state index contributed by atoms with van der Waals surface area (Å²) in [6, 6.07) is 19.8. The molecular weight excluding hydrogens is 314 g/mol. The van der Waals surface area contributed by atoms with Crippen LogP contribution >= 0.6 is 0 Å². The maximum absolute atomic E-state index is 9.01. The molecule has 4 rings (SSSR count). The molecule has 0 aliphatic carbocycles. The number of hydrogen-bond acceptors (Lipinski definition) is 5. The van der Waals surface area contributed by atoms with Crippen LogP contribution in [-0.4, -0.2) is 28.1 Å². The molecule has 1 aliphatic heterocycles. The van der Waals surface area contributed by atoms with Gasteiger partial charge in [0.1, 0.15) is 5.69 Å². The summed E-state index contributed by atoms with van der Waals surface area (Å²) in [7, 11) is 0. The molecule has 0 spiro atoms. The Labute approximate surface area is 145 Å². The zero-order valence-corrected chi connectivity index (χ0v) is 13.6. The van der Waals surface area contributed by atoms with Crippen LogP contribution in [-0.2, 0) is 11.3 Å². The Hall–Kier alpha value is -3.17. The van der Waals surface area contributed by atoms with Gasteiger partial charge in [0, 0.05) is 12.2 Å². The third-order valence-electron chi connectivity index (χ3n) is 4.19. The van der Waals surface area contributed by atoms with Crippen molar-refractivity contribution in [1.29, 1.82) is 5.26 Å². The third kappa shape index (κ3) is 3.23. The largest absolute Gasteiger partial charge is 0.350 e. The molecule has 6 nitrogen and oxygen atoms in total. The van der Waals surface area contributed by atoms with Crippen molar-refractivity contribution in [3.8, 4) is 6.07 Å². The van der Waals surface area contributed by atoms with Gasteiger partial charge in [0.2, 0.25) is 0 Å². The van der Waals surface area contributed by atoms with E-state index in [9.17, 15) is 0 Å². The van der Waals surface area contributed by atoms with E-state index in [0.29, 0.717) is 18.7 Å². The van der Waals surface area contributed by atoms with E-state index in [-0.39, 0.29) is 6.23 Å². The van der Waals surface area contributed by atoms with Gasteiger partial charge in [0.15, 0.2) is 6.23 Å². The van der Waals surface area contributed by atoms with Crippen molar-refractivity contribution >= 4 is 5.69 Å². The average molecular weight is 331 g/mol. The minimum absolute atomic E-state index is 0.221. The summed E-state index contributed by atoms with van der Waals surface area (Å²) in [6.45, 7) is 2.06. The molecule has 1 saturated heterocycles. The van der Waals surface area contributed by atoms with Crippen LogP contribution in [0.2, 0.25) is 0 Å². The lowest BCUT2D eigenvalue weighted by molar-refractivity contribution is 0.110. The Kier molecular flexibility index (Phi) is 4.15. The van der Waals surface area contributed by atoms with Gasteiger partial charge in [0.05, 0.1) is 31.0 Å². The van der Waals surface area contributed by atoms with Crippen LogP contribution in [0.3, 0.4) is 0 Å². The van der Waals surface area contributed by atoms with E-state index in [1.807, 2.05) is 42.6 Å². The zero-order valence-electron chi connectivity index (χ0n) is 13.6. The number of para-hydroxylation sites is 1. The number of hydrogen-bond donors (Lipinski definition) is 0. The lowest BCUT2D eigenvalue weighted by Gasteiger charge is -2.23. The highest BCUT2D eigenvalue weighted by Gasteiger charge is 2.29. The van der Waals surface area contributed by atoms with Gasteiger partial charge >= 0.3 is 0 Å². The van der Waals surface area contributed by atoms with Crippen LogP contribution < -0.4 is 4.90 Å². The lowest BCUT2D eigenvalue weighted by Crippen LogP contribution is -2.23. The Morgan fingerprint density at radius 2 is 2.04 bits per heavy atom.